The molecule has 1 aliphatic heterocycles. The van der Waals surface area contributed by atoms with E-state index in [0.29, 0.717) is 63.7 Å². The minimum absolute atomic E-state index is 0.00131. The third kappa shape index (κ3) is 25.7. The Hall–Kier alpha value is -7.49. The summed E-state index contributed by atoms with van der Waals surface area (Å²) in [4.78, 5) is 151. The Morgan fingerprint density at radius 1 is 0.778 bits per heavy atom. The molecule has 32 heteroatoms. The quantitative estimate of drug-likeness (QED) is 0.0126. The van der Waals surface area contributed by atoms with Gasteiger partial charge in [0, 0.05) is 37.9 Å². The number of carboxylic acids is 1. The first-order valence-corrected chi connectivity index (χ1v) is 27.0. The van der Waals surface area contributed by atoms with E-state index >= 15 is 0 Å². The molecule has 81 heavy (non-hydrogen) atoms. The molecule has 1 aromatic heterocycles. The smallest absolute Gasteiger partial charge is 0.326 e. The van der Waals surface area contributed by atoms with Gasteiger partial charge in [-0.25, -0.2) is 14.8 Å². The van der Waals surface area contributed by atoms with Crippen LogP contribution in [-0.2, 0) is 54.4 Å². The summed E-state index contributed by atoms with van der Waals surface area (Å²) in [6.45, 7) is 1.15. The monoisotopic (exact) mass is 1150 g/mol. The second kappa shape index (κ2) is 38.2. The van der Waals surface area contributed by atoms with Crippen molar-refractivity contribution in [2.75, 3.05) is 52.4 Å². The van der Waals surface area contributed by atoms with Crippen LogP contribution in [0.1, 0.15) is 103 Å². The number of hydrogen-bond donors (Lipinski definition) is 18. The van der Waals surface area contributed by atoms with Crippen molar-refractivity contribution in [1.82, 2.24) is 52.1 Å². The predicted molar refractivity (Wildman–Crippen MR) is 297 cm³/mol. The number of rotatable bonds is 39. The molecule has 0 spiro atoms. The Balaban J connectivity index is 2.34. The van der Waals surface area contributed by atoms with Gasteiger partial charge in [0.2, 0.25) is 35.4 Å². The van der Waals surface area contributed by atoms with Gasteiger partial charge < -0.3 is 103 Å². The average Bonchev–Trinajstić information content (AvgIpc) is 4.18. The van der Waals surface area contributed by atoms with Crippen LogP contribution >= 0.6 is 0 Å². The Bertz CT molecular complexity index is 2310. The lowest BCUT2D eigenvalue weighted by Crippen LogP contribution is -2.60. The summed E-state index contributed by atoms with van der Waals surface area (Å²) in [5.74, 6) is -9.36. The molecule has 32 nitrogen and oxygen atoms in total. The highest BCUT2D eigenvalue weighted by atomic mass is 16.4. The fourth-order valence-electron chi connectivity index (χ4n) is 8.11. The minimum atomic E-state index is -1.58. The third-order valence-electron chi connectivity index (χ3n) is 12.6. The van der Waals surface area contributed by atoms with Gasteiger partial charge in [-0.2, -0.15) is 0 Å². The van der Waals surface area contributed by atoms with Crippen molar-refractivity contribution in [1.29, 1.82) is 0 Å². The molecule has 2 rings (SSSR count). The summed E-state index contributed by atoms with van der Waals surface area (Å²) in [5.41, 5.74) is 44.7. The molecular weight excluding hydrogens is 1060 g/mol. The molecule has 0 unspecified atom stereocenters. The SMILES string of the molecule is C[C@H](NC(=O)[C@@H](NC(=O)[C@@H](N)CCCCN)[C@@H](O)CN)C(=O)NCC(=O)N=C(CCCN)C(=O)N1CCC[C@H]1C(=O)N[C@@H](Cc1cnc[nH]1)C(=O)N[C@@H](CCCCN)C(=O)N/C(=C\CCN=C(N)N)C(=O)N[C@@H](CCCCN)C(=O)O. The van der Waals surface area contributed by atoms with Gasteiger partial charge in [0.15, 0.2) is 5.96 Å². The zero-order valence-electron chi connectivity index (χ0n) is 46.0. The first kappa shape index (κ1) is 69.6. The maximum atomic E-state index is 14.3. The van der Waals surface area contributed by atoms with Crippen molar-refractivity contribution in [2.45, 2.75) is 152 Å². The number of guanidine groups is 1. The Labute approximate surface area is 469 Å². The molecule has 1 fully saturated rings. The van der Waals surface area contributed by atoms with Crippen molar-refractivity contribution >= 4 is 70.8 Å². The van der Waals surface area contributed by atoms with Crippen LogP contribution in [0.2, 0.25) is 0 Å². The second-order valence-electron chi connectivity index (χ2n) is 19.2. The lowest BCUT2D eigenvalue weighted by Gasteiger charge is -2.28. The number of nitrogens with one attached hydrogen (secondary N) is 8. The third-order valence-corrected chi connectivity index (χ3v) is 12.6. The molecule has 454 valence electrons. The molecular formula is C49H86N20O12. The molecule has 1 aromatic rings. The van der Waals surface area contributed by atoms with Crippen LogP contribution in [-0.4, -0.2) is 197 Å². The van der Waals surface area contributed by atoms with E-state index in [2.05, 4.69) is 57.2 Å². The largest absolute Gasteiger partial charge is 0.480 e. The van der Waals surface area contributed by atoms with Gasteiger partial charge >= 0.3 is 5.97 Å². The number of nitrogens with zero attached hydrogens (tertiary/aromatic N) is 4. The highest BCUT2D eigenvalue weighted by Crippen LogP contribution is 2.20. The second-order valence-corrected chi connectivity index (χ2v) is 19.2. The molecule has 0 radical (unpaired) electrons. The summed E-state index contributed by atoms with van der Waals surface area (Å²) in [6, 6.07) is -9.20. The van der Waals surface area contributed by atoms with Crippen LogP contribution < -0.4 is 83.1 Å². The molecule has 0 aromatic carbocycles. The predicted octanol–water partition coefficient (Wildman–Crippen LogP) is -7.01. The fourth-order valence-corrected chi connectivity index (χ4v) is 8.11. The van der Waals surface area contributed by atoms with E-state index in [1.54, 1.807) is 0 Å². The van der Waals surface area contributed by atoms with E-state index in [1.165, 1.54) is 30.4 Å². The van der Waals surface area contributed by atoms with E-state index in [4.69, 9.17) is 45.9 Å². The molecule has 1 saturated heterocycles. The number of carboxylic acid groups (broad SMARTS) is 1. The number of aromatic amines is 1. The molecule has 9 amide bonds. The lowest BCUT2D eigenvalue weighted by atomic mass is 10.1. The van der Waals surface area contributed by atoms with Gasteiger partial charge in [0.1, 0.15) is 47.7 Å². The summed E-state index contributed by atoms with van der Waals surface area (Å²) in [7, 11) is 0. The van der Waals surface area contributed by atoms with E-state index in [1.807, 2.05) is 0 Å². The number of carbonyl (C=O) groups excluding carboxylic acids is 9. The standard InChI is InChI=1S/C49H86N20O12/c1-28(62-46(78)39(37(70)24-54)68-41(73)30(55)11-2-5-17-50)40(72)60-26-38(71)63-33(14-8-20-53)47(79)69-22-10-16-36(69)45(77)67-35(23-29-25-58-27-61-29)44(76)65-31(12-3-6-18-51)42(74)64-32(15-9-21-59-49(56)57)43(75)66-34(48(80)81)13-4-7-19-52/h15,25,27-28,30-31,34-37,39,70H,2-14,16-24,26,50-55H2,1H3,(H,58,61)(H,60,72)(H,62,78)(H,64,74)(H,65,76)(H,66,75)(H,67,77)(H,68,73)(H,80,81)(H4,56,57,59)/b32-15-,63-33?/t28-,30-,31-,34-,35-,36-,37-,39-/m0/s1. The number of hydrogen-bond acceptors (Lipinski definition) is 19. The summed E-state index contributed by atoms with van der Waals surface area (Å²) in [6.07, 6.45) is 5.95. The van der Waals surface area contributed by atoms with E-state index < -0.39 is 121 Å². The maximum absolute atomic E-state index is 14.3. The minimum Gasteiger partial charge on any atom is -0.480 e. The van der Waals surface area contributed by atoms with Crippen LogP contribution in [0, 0.1) is 0 Å². The number of likely N-dealkylation sites (tertiary alicyclic amines) is 1. The molecule has 0 aliphatic carbocycles. The molecule has 0 bridgehead atoms. The van der Waals surface area contributed by atoms with Gasteiger partial charge in [0.05, 0.1) is 25.0 Å². The van der Waals surface area contributed by atoms with Crippen LogP contribution in [0.25, 0.3) is 0 Å². The van der Waals surface area contributed by atoms with Crippen LogP contribution in [0.5, 0.6) is 0 Å². The van der Waals surface area contributed by atoms with E-state index in [-0.39, 0.29) is 94.9 Å². The first-order chi connectivity index (χ1) is 38.6. The highest BCUT2D eigenvalue weighted by Gasteiger charge is 2.39. The number of carbonyl (C=O) groups is 10. The van der Waals surface area contributed by atoms with Crippen LogP contribution in [0.4, 0.5) is 0 Å². The summed E-state index contributed by atoms with van der Waals surface area (Å²) in [5, 5.41) is 37.6. The van der Waals surface area contributed by atoms with Crippen LogP contribution in [0.15, 0.2) is 34.3 Å². The normalized spacial score (nSPS) is 16.0. The molecule has 1 aliphatic rings. The summed E-state index contributed by atoms with van der Waals surface area (Å²) < 4.78 is 0. The number of aromatic nitrogens is 2. The van der Waals surface area contributed by atoms with E-state index in [0.717, 1.165) is 0 Å². The number of amides is 9. The Kier molecular flexibility index (Phi) is 32.8. The van der Waals surface area contributed by atoms with Crippen molar-refractivity contribution in [3.63, 3.8) is 0 Å². The zero-order chi connectivity index (χ0) is 60.4. The number of imidazole rings is 1. The molecule has 26 N–H and O–H groups in total. The van der Waals surface area contributed by atoms with Gasteiger partial charge in [-0.15, -0.1) is 0 Å². The number of aliphatic imine (C=N–C) groups is 2. The Morgan fingerprint density at radius 2 is 1.42 bits per heavy atom. The van der Waals surface area contributed by atoms with Crippen LogP contribution in [0.3, 0.4) is 0 Å². The molecule has 2 heterocycles. The lowest BCUT2D eigenvalue weighted by molar-refractivity contribution is -0.141. The van der Waals surface area contributed by atoms with Gasteiger partial charge in [0.25, 0.3) is 17.7 Å². The van der Waals surface area contributed by atoms with Crippen molar-refractivity contribution in [2.24, 2.45) is 55.9 Å². The number of aliphatic carboxylic acids is 1. The zero-order valence-corrected chi connectivity index (χ0v) is 46.0. The number of H-pyrrole nitrogens is 1. The maximum Gasteiger partial charge on any atom is 0.326 e. The summed E-state index contributed by atoms with van der Waals surface area (Å²) >= 11 is 0. The average molecular weight is 1150 g/mol. The topological polar surface area (TPSA) is 560 Å². The van der Waals surface area contributed by atoms with Gasteiger partial charge in [-0.1, -0.05) is 12.5 Å². The fraction of sp³-hybridized carbons (Fsp3) is 0.653. The number of aliphatic hydroxyl groups excluding tert-OH is 1. The number of nitrogens with two attached hydrogens (primary N) is 8. The van der Waals surface area contributed by atoms with Crippen molar-refractivity contribution in [3.05, 3.63) is 30.0 Å². The molecule has 8 atom stereocenters. The Morgan fingerprint density at radius 3 is 2.01 bits per heavy atom. The highest BCUT2D eigenvalue weighted by molar-refractivity contribution is 6.40. The van der Waals surface area contributed by atoms with Crippen molar-refractivity contribution < 1.29 is 58.2 Å². The van der Waals surface area contributed by atoms with E-state index in [9.17, 15) is 58.2 Å². The first-order valence-electron chi connectivity index (χ1n) is 27.0. The number of aliphatic hydroxyl groups is 1. The van der Waals surface area contributed by atoms with Crippen molar-refractivity contribution in [3.8, 4) is 0 Å². The number of unbranched alkanes of at least 4 members (excludes halogenated alkanes) is 3. The van der Waals surface area contributed by atoms with Gasteiger partial charge in [-0.05, 0) is 117 Å². The molecule has 0 saturated carbocycles. The van der Waals surface area contributed by atoms with Gasteiger partial charge in [-0.3, -0.25) is 48.1 Å².